The molecule has 25 heavy (non-hydrogen) atoms. The Morgan fingerprint density at radius 3 is 1.76 bits per heavy atom. The number of aliphatic hydroxyl groups is 1. The maximum absolute atomic E-state index is 8.92. The average molecular weight is 462 g/mol. The van der Waals surface area contributed by atoms with Gasteiger partial charge in [0.2, 0.25) is 7.59 Å². The van der Waals surface area contributed by atoms with Crippen LogP contribution in [0.3, 0.4) is 0 Å². The summed E-state index contributed by atoms with van der Waals surface area (Å²) in [6, 6.07) is 7.58. The van der Waals surface area contributed by atoms with Crippen LogP contribution in [0.2, 0.25) is 0 Å². The van der Waals surface area contributed by atoms with Crippen LogP contribution in [0.15, 0.2) is 24.3 Å². The summed E-state index contributed by atoms with van der Waals surface area (Å²) in [5, 5.41) is 8.92. The lowest BCUT2D eigenvalue weighted by Gasteiger charge is -2.14. The predicted octanol–water partition coefficient (Wildman–Crippen LogP) is 5.23. The van der Waals surface area contributed by atoms with Gasteiger partial charge in [0.25, 0.3) is 0 Å². The van der Waals surface area contributed by atoms with Gasteiger partial charge in [-0.3, -0.25) is 0 Å². The molecule has 1 N–H and O–H groups in total. The van der Waals surface area contributed by atoms with Crippen molar-refractivity contribution in [3.05, 3.63) is 52.9 Å². The Labute approximate surface area is 174 Å². The van der Waals surface area contributed by atoms with E-state index in [1.54, 1.807) is 12.2 Å². The van der Waals surface area contributed by atoms with E-state index >= 15 is 0 Å². The van der Waals surface area contributed by atoms with Crippen molar-refractivity contribution in [1.29, 1.82) is 0 Å². The number of hydrogen-bond donors (Lipinski definition) is 1. The first-order chi connectivity index (χ1) is 11.6. The normalized spacial score (nSPS) is 12.8. The molecule has 0 unspecified atom stereocenters. The summed E-state index contributed by atoms with van der Waals surface area (Å²) in [5.74, 6) is -0.115. The van der Waals surface area contributed by atoms with Crippen molar-refractivity contribution < 1.29 is 5.11 Å². The molecule has 0 aliphatic carbocycles. The molecule has 0 saturated heterocycles. The fourth-order valence-corrected chi connectivity index (χ4v) is 2.32. The summed E-state index contributed by atoms with van der Waals surface area (Å²) in [7, 11) is 0. The van der Waals surface area contributed by atoms with Gasteiger partial charge in [-0.2, -0.15) is 0 Å². The number of alkyl halides is 6. The minimum absolute atomic E-state index is 0.0969. The molecular weight excluding hydrogens is 451 g/mol. The zero-order valence-electron chi connectivity index (χ0n) is 12.4. The third kappa shape index (κ3) is 6.40. The molecule has 4 nitrogen and oxygen atoms in total. The Morgan fingerprint density at radius 1 is 0.800 bits per heavy atom. The van der Waals surface area contributed by atoms with Crippen LogP contribution < -0.4 is 0 Å². The maximum Gasteiger partial charge on any atom is 0.250 e. The molecule has 0 amide bonds. The van der Waals surface area contributed by atoms with Crippen LogP contribution in [-0.4, -0.2) is 26.7 Å². The molecule has 1 heterocycles. The molecule has 0 spiro atoms. The van der Waals surface area contributed by atoms with E-state index in [0.717, 1.165) is 11.1 Å². The average Bonchev–Trinajstić information content (AvgIpc) is 2.52. The van der Waals surface area contributed by atoms with E-state index < -0.39 is 7.59 Å². The Kier molecular flexibility index (Phi) is 7.19. The Bertz CT molecular complexity index is 721. The van der Waals surface area contributed by atoms with E-state index in [2.05, 4.69) is 15.0 Å². The Hall–Kier alpha value is -0.330. The summed E-state index contributed by atoms with van der Waals surface area (Å²) >= 11 is 34.9. The molecule has 10 heteroatoms. The van der Waals surface area contributed by atoms with Gasteiger partial charge >= 0.3 is 0 Å². The van der Waals surface area contributed by atoms with Crippen molar-refractivity contribution in [1.82, 2.24) is 15.0 Å². The van der Waals surface area contributed by atoms with Crippen LogP contribution in [0.1, 0.15) is 28.6 Å². The van der Waals surface area contributed by atoms with Crippen LogP contribution in [0, 0.1) is 0 Å². The van der Waals surface area contributed by atoms with Gasteiger partial charge in [0, 0.05) is 6.61 Å². The Morgan fingerprint density at radius 2 is 1.32 bits per heavy atom. The fourth-order valence-electron chi connectivity index (χ4n) is 1.82. The zero-order valence-corrected chi connectivity index (χ0v) is 17.0. The number of nitrogens with zero attached hydrogens (tertiary/aromatic N) is 3. The second kappa shape index (κ2) is 8.57. The molecule has 134 valence electrons. The third-order valence-corrected chi connectivity index (χ3v) is 3.98. The van der Waals surface area contributed by atoms with Crippen LogP contribution in [-0.2, 0) is 14.0 Å². The zero-order chi connectivity index (χ0) is 18.7. The van der Waals surface area contributed by atoms with Gasteiger partial charge in [-0.1, -0.05) is 99.9 Å². The smallest absolute Gasteiger partial charge is 0.250 e. The van der Waals surface area contributed by atoms with E-state index in [0.29, 0.717) is 6.42 Å². The van der Waals surface area contributed by atoms with Gasteiger partial charge in [0.15, 0.2) is 17.5 Å². The summed E-state index contributed by atoms with van der Waals surface area (Å²) < 4.78 is -3.77. The van der Waals surface area contributed by atoms with Gasteiger partial charge in [0.05, 0.1) is 0 Å². The van der Waals surface area contributed by atoms with Crippen molar-refractivity contribution in [2.45, 2.75) is 14.0 Å². The second-order valence-electron chi connectivity index (χ2n) is 4.88. The van der Waals surface area contributed by atoms with E-state index in [4.69, 9.17) is 74.7 Å². The van der Waals surface area contributed by atoms with Crippen LogP contribution >= 0.6 is 69.6 Å². The van der Waals surface area contributed by atoms with Crippen molar-refractivity contribution >= 4 is 81.8 Å². The van der Waals surface area contributed by atoms with Crippen molar-refractivity contribution in [2.75, 3.05) is 6.61 Å². The first-order valence-corrected chi connectivity index (χ1v) is 9.15. The summed E-state index contributed by atoms with van der Waals surface area (Å²) in [6.45, 7) is 0.0969. The minimum Gasteiger partial charge on any atom is -0.396 e. The predicted molar refractivity (Wildman–Crippen MR) is 104 cm³/mol. The Balaban J connectivity index is 2.34. The molecule has 1 aromatic carbocycles. The number of aromatic nitrogens is 3. The highest BCUT2D eigenvalue weighted by Gasteiger charge is 2.33. The molecule has 0 radical (unpaired) electrons. The van der Waals surface area contributed by atoms with Gasteiger partial charge < -0.3 is 5.11 Å². The molecule has 0 aliphatic heterocycles. The van der Waals surface area contributed by atoms with Gasteiger partial charge in [0.1, 0.15) is 0 Å². The van der Waals surface area contributed by atoms with Crippen LogP contribution in [0.25, 0.3) is 12.2 Å². The number of hydrogen-bond acceptors (Lipinski definition) is 4. The third-order valence-electron chi connectivity index (χ3n) is 2.96. The summed E-state index contributed by atoms with van der Waals surface area (Å²) in [6.07, 6.45) is 3.93. The lowest BCUT2D eigenvalue weighted by atomic mass is 10.1. The van der Waals surface area contributed by atoms with Crippen molar-refractivity contribution in [2.24, 2.45) is 0 Å². The lowest BCUT2D eigenvalue weighted by molar-refractivity contribution is 0.299. The van der Waals surface area contributed by atoms with Gasteiger partial charge in [-0.25, -0.2) is 15.0 Å². The minimum atomic E-state index is -1.89. The molecule has 0 aliphatic rings. The molecule has 0 atom stereocenters. The van der Waals surface area contributed by atoms with Crippen LogP contribution in [0.5, 0.6) is 0 Å². The first-order valence-electron chi connectivity index (χ1n) is 6.88. The topological polar surface area (TPSA) is 58.9 Å². The van der Waals surface area contributed by atoms with Crippen molar-refractivity contribution in [3.63, 3.8) is 0 Å². The molecule has 1 aromatic heterocycles. The van der Waals surface area contributed by atoms with Crippen molar-refractivity contribution in [3.8, 4) is 0 Å². The quantitative estimate of drug-likeness (QED) is 0.633. The molecule has 0 fully saturated rings. The molecule has 0 saturated carbocycles. The summed E-state index contributed by atoms with van der Waals surface area (Å²) in [4.78, 5) is 12.0. The summed E-state index contributed by atoms with van der Waals surface area (Å²) in [5.41, 5.74) is 1.91. The van der Waals surface area contributed by atoms with Gasteiger partial charge in [-0.05, 0) is 23.6 Å². The largest absolute Gasteiger partial charge is 0.396 e. The lowest BCUT2D eigenvalue weighted by Crippen LogP contribution is -2.16. The van der Waals surface area contributed by atoms with E-state index in [1.807, 2.05) is 24.3 Å². The molecule has 2 rings (SSSR count). The second-order valence-corrected chi connectivity index (χ2v) is 9.45. The number of aliphatic hydroxyl groups excluding tert-OH is 1. The number of rotatable bonds is 4. The van der Waals surface area contributed by atoms with Gasteiger partial charge in [-0.15, -0.1) is 0 Å². The monoisotopic (exact) mass is 459 g/mol. The SMILES string of the molecule is OCCc1ccc(C=Cc2nc(C(Cl)(Cl)Cl)nc(C(Cl)(Cl)Cl)n2)cc1. The molecule has 2 aromatic rings. The number of halogens is 6. The standard InChI is InChI=1S/C15H11Cl6N3O/c16-14(17,18)12-22-11(23-13(24-12)15(19,20)21)6-5-9-1-3-10(4-2-9)7-8-25/h1-6,25H,7-8H2. The highest BCUT2D eigenvalue weighted by Crippen LogP contribution is 2.39. The fraction of sp³-hybridized carbons (Fsp3) is 0.267. The maximum atomic E-state index is 8.92. The van der Waals surface area contributed by atoms with E-state index in [-0.39, 0.29) is 24.1 Å². The van der Waals surface area contributed by atoms with E-state index in [1.165, 1.54) is 0 Å². The molecular formula is C15H11Cl6N3O. The van der Waals surface area contributed by atoms with Crippen LogP contribution in [0.4, 0.5) is 0 Å². The first kappa shape index (κ1) is 21.0. The van der Waals surface area contributed by atoms with E-state index in [9.17, 15) is 0 Å². The highest BCUT2D eigenvalue weighted by molar-refractivity contribution is 6.67. The molecule has 0 bridgehead atoms. The highest BCUT2D eigenvalue weighted by atomic mass is 35.6. The number of benzene rings is 1.